The highest BCUT2D eigenvalue weighted by Crippen LogP contribution is 2.26. The van der Waals surface area contributed by atoms with Gasteiger partial charge >= 0.3 is 0 Å². The summed E-state index contributed by atoms with van der Waals surface area (Å²) >= 11 is 0. The van der Waals surface area contributed by atoms with Crippen LogP contribution in [-0.2, 0) is 9.59 Å². The van der Waals surface area contributed by atoms with E-state index in [2.05, 4.69) is 10.9 Å². The third kappa shape index (κ3) is 4.97. The normalized spacial score (nSPS) is 16.0. The Balaban J connectivity index is 1.46. The molecule has 2 amide bonds. The molecule has 0 spiro atoms. The van der Waals surface area contributed by atoms with Crippen LogP contribution in [0.25, 0.3) is 10.8 Å². The molecule has 1 fully saturated rings. The zero-order valence-electron chi connectivity index (χ0n) is 15.2. The van der Waals surface area contributed by atoms with E-state index >= 15 is 0 Å². The lowest BCUT2D eigenvalue weighted by atomic mass is 9.87. The molecular formula is C21H26N2O3. The summed E-state index contributed by atoms with van der Waals surface area (Å²) in [5.74, 6) is 0.560. The Hall–Kier alpha value is -2.56. The number of ether oxygens (including phenoxy) is 1. The van der Waals surface area contributed by atoms with Crippen LogP contribution in [0.4, 0.5) is 0 Å². The molecule has 1 unspecified atom stereocenters. The number of hydrogen-bond acceptors (Lipinski definition) is 3. The van der Waals surface area contributed by atoms with Crippen molar-refractivity contribution in [2.75, 3.05) is 0 Å². The first-order valence-electron chi connectivity index (χ1n) is 9.36. The predicted molar refractivity (Wildman–Crippen MR) is 102 cm³/mol. The van der Waals surface area contributed by atoms with Crippen molar-refractivity contribution in [3.05, 3.63) is 42.5 Å². The first kappa shape index (κ1) is 18.2. The average molecular weight is 354 g/mol. The fourth-order valence-electron chi connectivity index (χ4n) is 3.44. The molecule has 0 saturated heterocycles. The van der Waals surface area contributed by atoms with Crippen LogP contribution >= 0.6 is 0 Å². The van der Waals surface area contributed by atoms with Gasteiger partial charge in [0, 0.05) is 6.42 Å². The summed E-state index contributed by atoms with van der Waals surface area (Å²) in [6.07, 6.45) is 5.62. The second-order valence-corrected chi connectivity index (χ2v) is 7.01. The molecule has 1 atom stereocenters. The standard InChI is InChI=1S/C21H26N2O3/c1-15(26-19-12-11-17-9-5-6-10-18(17)14-19)21(25)23-22-20(24)13-16-7-3-2-4-8-16/h5-6,9-12,14-16H,2-4,7-8,13H2,1H3,(H,22,24)(H,23,25). The Morgan fingerprint density at radius 3 is 2.54 bits per heavy atom. The summed E-state index contributed by atoms with van der Waals surface area (Å²) in [5.41, 5.74) is 4.97. The monoisotopic (exact) mass is 354 g/mol. The summed E-state index contributed by atoms with van der Waals surface area (Å²) < 4.78 is 5.70. The van der Waals surface area contributed by atoms with Crippen LogP contribution in [0.3, 0.4) is 0 Å². The van der Waals surface area contributed by atoms with E-state index in [1.807, 2.05) is 42.5 Å². The van der Waals surface area contributed by atoms with E-state index in [-0.39, 0.29) is 11.8 Å². The third-order valence-electron chi connectivity index (χ3n) is 4.93. The average Bonchev–Trinajstić information content (AvgIpc) is 2.66. The molecule has 0 radical (unpaired) electrons. The fraction of sp³-hybridized carbons (Fsp3) is 0.429. The highest BCUT2D eigenvalue weighted by atomic mass is 16.5. The quantitative estimate of drug-likeness (QED) is 0.804. The maximum Gasteiger partial charge on any atom is 0.279 e. The maximum absolute atomic E-state index is 12.2. The number of carbonyl (C=O) groups excluding carboxylic acids is 2. The van der Waals surface area contributed by atoms with Crippen LogP contribution in [-0.4, -0.2) is 17.9 Å². The van der Waals surface area contributed by atoms with Crippen LogP contribution in [0.15, 0.2) is 42.5 Å². The van der Waals surface area contributed by atoms with Gasteiger partial charge in [-0.2, -0.15) is 0 Å². The number of benzene rings is 2. The molecular weight excluding hydrogens is 328 g/mol. The highest BCUT2D eigenvalue weighted by Gasteiger charge is 2.19. The molecule has 1 aliphatic carbocycles. The Morgan fingerprint density at radius 1 is 1.04 bits per heavy atom. The van der Waals surface area contributed by atoms with Gasteiger partial charge in [-0.05, 0) is 48.6 Å². The summed E-state index contributed by atoms with van der Waals surface area (Å²) in [5, 5.41) is 2.17. The van der Waals surface area contributed by atoms with Crippen molar-refractivity contribution in [1.82, 2.24) is 10.9 Å². The summed E-state index contributed by atoms with van der Waals surface area (Å²) in [6, 6.07) is 13.7. The first-order chi connectivity index (χ1) is 12.6. The van der Waals surface area contributed by atoms with Gasteiger partial charge in [-0.25, -0.2) is 0 Å². The molecule has 2 N–H and O–H groups in total. The molecule has 0 heterocycles. The topological polar surface area (TPSA) is 67.4 Å². The summed E-state index contributed by atoms with van der Waals surface area (Å²) in [4.78, 5) is 24.1. The minimum absolute atomic E-state index is 0.136. The van der Waals surface area contributed by atoms with Gasteiger partial charge in [0.15, 0.2) is 6.10 Å². The van der Waals surface area contributed by atoms with E-state index in [4.69, 9.17) is 4.74 Å². The van der Waals surface area contributed by atoms with Gasteiger partial charge in [0.1, 0.15) is 5.75 Å². The SMILES string of the molecule is CC(Oc1ccc2ccccc2c1)C(=O)NNC(=O)CC1CCCCC1. The molecule has 5 heteroatoms. The lowest BCUT2D eigenvalue weighted by Crippen LogP contribution is -2.47. The van der Waals surface area contributed by atoms with E-state index in [9.17, 15) is 9.59 Å². The van der Waals surface area contributed by atoms with Gasteiger partial charge in [-0.1, -0.05) is 49.6 Å². The smallest absolute Gasteiger partial charge is 0.279 e. The summed E-state index contributed by atoms with van der Waals surface area (Å²) in [7, 11) is 0. The predicted octanol–water partition coefficient (Wildman–Crippen LogP) is 3.72. The maximum atomic E-state index is 12.2. The summed E-state index contributed by atoms with van der Waals surface area (Å²) in [6.45, 7) is 1.66. The van der Waals surface area contributed by atoms with Crippen LogP contribution in [0.1, 0.15) is 45.4 Å². The highest BCUT2D eigenvalue weighted by molar-refractivity contribution is 5.85. The van der Waals surface area contributed by atoms with Gasteiger partial charge in [0.25, 0.3) is 5.91 Å². The molecule has 0 aromatic heterocycles. The number of nitrogens with one attached hydrogen (secondary N) is 2. The van der Waals surface area contributed by atoms with Crippen LogP contribution in [0.2, 0.25) is 0 Å². The Morgan fingerprint density at radius 2 is 1.77 bits per heavy atom. The van der Waals surface area contributed by atoms with E-state index in [0.29, 0.717) is 18.1 Å². The molecule has 1 aliphatic rings. The Bertz CT molecular complexity index is 769. The van der Waals surface area contributed by atoms with Crippen LogP contribution in [0.5, 0.6) is 5.75 Å². The van der Waals surface area contributed by atoms with Gasteiger partial charge < -0.3 is 4.74 Å². The number of amides is 2. The van der Waals surface area contributed by atoms with Crippen molar-refractivity contribution in [3.8, 4) is 5.75 Å². The molecule has 26 heavy (non-hydrogen) atoms. The minimum Gasteiger partial charge on any atom is -0.481 e. The zero-order chi connectivity index (χ0) is 18.4. The number of fused-ring (bicyclic) bond motifs is 1. The molecule has 1 saturated carbocycles. The van der Waals surface area contributed by atoms with Crippen molar-refractivity contribution < 1.29 is 14.3 Å². The van der Waals surface area contributed by atoms with Crippen molar-refractivity contribution >= 4 is 22.6 Å². The molecule has 2 aromatic carbocycles. The molecule has 5 nitrogen and oxygen atoms in total. The lowest BCUT2D eigenvalue weighted by Gasteiger charge is -2.21. The van der Waals surface area contributed by atoms with Gasteiger partial charge in [0.05, 0.1) is 0 Å². The van der Waals surface area contributed by atoms with Crippen molar-refractivity contribution in [1.29, 1.82) is 0 Å². The van der Waals surface area contributed by atoms with E-state index in [0.717, 1.165) is 23.6 Å². The molecule has 0 bridgehead atoms. The number of hydrazine groups is 1. The van der Waals surface area contributed by atoms with Gasteiger partial charge in [-0.3, -0.25) is 20.4 Å². The zero-order valence-corrected chi connectivity index (χ0v) is 15.2. The minimum atomic E-state index is -0.703. The molecule has 138 valence electrons. The first-order valence-corrected chi connectivity index (χ1v) is 9.36. The molecule has 3 rings (SSSR count). The molecule has 2 aromatic rings. The second kappa shape index (κ2) is 8.70. The Labute approximate surface area is 154 Å². The number of hydrogen-bond donors (Lipinski definition) is 2. The van der Waals surface area contributed by atoms with Crippen molar-refractivity contribution in [2.24, 2.45) is 5.92 Å². The van der Waals surface area contributed by atoms with E-state index in [1.54, 1.807) is 6.92 Å². The number of carbonyl (C=O) groups is 2. The van der Waals surface area contributed by atoms with Gasteiger partial charge in [0.2, 0.25) is 5.91 Å². The number of rotatable bonds is 5. The van der Waals surface area contributed by atoms with Crippen molar-refractivity contribution in [2.45, 2.75) is 51.6 Å². The second-order valence-electron chi connectivity index (χ2n) is 7.01. The fourth-order valence-corrected chi connectivity index (χ4v) is 3.44. The Kier molecular flexibility index (Phi) is 6.10. The van der Waals surface area contributed by atoms with Crippen molar-refractivity contribution in [3.63, 3.8) is 0 Å². The van der Waals surface area contributed by atoms with E-state index in [1.165, 1.54) is 19.3 Å². The van der Waals surface area contributed by atoms with Crippen LogP contribution < -0.4 is 15.6 Å². The largest absolute Gasteiger partial charge is 0.481 e. The third-order valence-corrected chi connectivity index (χ3v) is 4.93. The molecule has 0 aliphatic heterocycles. The van der Waals surface area contributed by atoms with Gasteiger partial charge in [-0.15, -0.1) is 0 Å². The van der Waals surface area contributed by atoms with E-state index < -0.39 is 6.10 Å². The van der Waals surface area contributed by atoms with Crippen LogP contribution in [0, 0.1) is 5.92 Å². The lowest BCUT2D eigenvalue weighted by molar-refractivity contribution is -0.133.